The molecule has 2 aromatic heterocycles. The molecule has 3 N–H and O–H groups in total. The van der Waals surface area contributed by atoms with Crippen LogP contribution in [0, 0.1) is 0 Å². The summed E-state index contributed by atoms with van der Waals surface area (Å²) < 4.78 is 1.28. The van der Waals surface area contributed by atoms with E-state index in [9.17, 15) is 0 Å². The highest BCUT2D eigenvalue weighted by Gasteiger charge is 2.24. The number of nitrogens with one attached hydrogen (secondary N) is 1. The standard InChI is InChI=1S/C12H15N3S/c13-9-2-1-3-10(9)15-12-8-5-7-16-11(8)4-6-14-12/h4-7,9-10H,1-3,13H2,(H,14,15). The van der Waals surface area contributed by atoms with E-state index >= 15 is 0 Å². The van der Waals surface area contributed by atoms with E-state index in [0.717, 1.165) is 18.7 Å². The second-order valence-corrected chi connectivity index (χ2v) is 5.29. The predicted molar refractivity (Wildman–Crippen MR) is 68.9 cm³/mol. The highest BCUT2D eigenvalue weighted by Crippen LogP contribution is 2.28. The molecule has 4 heteroatoms. The minimum absolute atomic E-state index is 0.274. The van der Waals surface area contributed by atoms with Crippen LogP contribution in [0.15, 0.2) is 23.7 Å². The van der Waals surface area contributed by atoms with Crippen molar-refractivity contribution in [3.8, 4) is 0 Å². The zero-order valence-corrected chi connectivity index (χ0v) is 9.83. The molecule has 2 aromatic rings. The van der Waals surface area contributed by atoms with E-state index in [2.05, 4.69) is 27.8 Å². The second-order valence-electron chi connectivity index (χ2n) is 4.34. The average Bonchev–Trinajstić information content (AvgIpc) is 2.89. The third kappa shape index (κ3) is 1.68. The van der Waals surface area contributed by atoms with Gasteiger partial charge in [0.25, 0.3) is 0 Å². The fraction of sp³-hybridized carbons (Fsp3) is 0.417. The first-order chi connectivity index (χ1) is 7.84. The lowest BCUT2D eigenvalue weighted by atomic mass is 10.2. The predicted octanol–water partition coefficient (Wildman–Crippen LogP) is 2.59. The maximum atomic E-state index is 6.06. The zero-order valence-electron chi connectivity index (χ0n) is 9.02. The summed E-state index contributed by atoms with van der Waals surface area (Å²) in [5.41, 5.74) is 6.06. The van der Waals surface area contributed by atoms with Gasteiger partial charge in [-0.05, 0) is 36.8 Å². The van der Waals surface area contributed by atoms with Crippen molar-refractivity contribution in [1.82, 2.24) is 4.98 Å². The molecule has 0 bridgehead atoms. The van der Waals surface area contributed by atoms with Crippen LogP contribution in [0.25, 0.3) is 10.1 Å². The molecule has 0 aliphatic heterocycles. The Kier molecular flexibility index (Phi) is 2.53. The maximum absolute atomic E-state index is 6.06. The van der Waals surface area contributed by atoms with Crippen molar-refractivity contribution in [3.05, 3.63) is 23.7 Å². The van der Waals surface area contributed by atoms with Gasteiger partial charge in [-0.25, -0.2) is 4.98 Å². The first-order valence-electron chi connectivity index (χ1n) is 5.69. The van der Waals surface area contributed by atoms with Crippen LogP contribution in [0.2, 0.25) is 0 Å². The molecule has 0 spiro atoms. The minimum Gasteiger partial charge on any atom is -0.365 e. The SMILES string of the molecule is NC1CCCC1Nc1nccc2sccc12. The van der Waals surface area contributed by atoms with E-state index in [4.69, 9.17) is 5.73 Å². The summed E-state index contributed by atoms with van der Waals surface area (Å²) in [4.78, 5) is 4.42. The van der Waals surface area contributed by atoms with Crippen molar-refractivity contribution in [2.75, 3.05) is 5.32 Å². The number of aromatic nitrogens is 1. The van der Waals surface area contributed by atoms with Crippen LogP contribution in [0.5, 0.6) is 0 Å². The molecule has 0 saturated heterocycles. The molecule has 1 saturated carbocycles. The Labute approximate surface area is 98.7 Å². The van der Waals surface area contributed by atoms with Crippen LogP contribution in [0.3, 0.4) is 0 Å². The number of pyridine rings is 1. The lowest BCUT2D eigenvalue weighted by molar-refractivity contribution is 0.636. The summed E-state index contributed by atoms with van der Waals surface area (Å²) in [5.74, 6) is 0.987. The molecular formula is C12H15N3S. The summed E-state index contributed by atoms with van der Waals surface area (Å²) in [7, 11) is 0. The van der Waals surface area contributed by atoms with Gasteiger partial charge in [0.1, 0.15) is 5.82 Å². The van der Waals surface area contributed by atoms with Crippen molar-refractivity contribution in [1.29, 1.82) is 0 Å². The summed E-state index contributed by atoms with van der Waals surface area (Å²) >= 11 is 1.75. The molecule has 1 aliphatic carbocycles. The third-order valence-electron chi connectivity index (χ3n) is 3.27. The van der Waals surface area contributed by atoms with E-state index in [0.29, 0.717) is 6.04 Å². The number of hydrogen-bond donors (Lipinski definition) is 2. The molecule has 0 aromatic carbocycles. The van der Waals surface area contributed by atoms with Gasteiger partial charge in [-0.1, -0.05) is 0 Å². The second kappa shape index (κ2) is 4.03. The van der Waals surface area contributed by atoms with Gasteiger partial charge in [0.15, 0.2) is 0 Å². The zero-order chi connectivity index (χ0) is 11.0. The van der Waals surface area contributed by atoms with Crippen molar-refractivity contribution < 1.29 is 0 Å². The Hall–Kier alpha value is -1.13. The van der Waals surface area contributed by atoms with E-state index in [1.165, 1.54) is 16.5 Å². The molecule has 84 valence electrons. The average molecular weight is 233 g/mol. The Balaban J connectivity index is 1.91. The Morgan fingerprint density at radius 3 is 3.12 bits per heavy atom. The summed E-state index contributed by atoms with van der Waals surface area (Å²) in [5, 5.41) is 6.81. The largest absolute Gasteiger partial charge is 0.365 e. The Morgan fingerprint density at radius 2 is 2.31 bits per heavy atom. The molecule has 2 atom stereocenters. The summed E-state index contributed by atoms with van der Waals surface area (Å²) in [6.45, 7) is 0. The van der Waals surface area contributed by atoms with Gasteiger partial charge in [0.2, 0.25) is 0 Å². The van der Waals surface area contributed by atoms with Crippen LogP contribution >= 0.6 is 11.3 Å². The number of nitrogens with two attached hydrogens (primary N) is 1. The molecule has 16 heavy (non-hydrogen) atoms. The van der Waals surface area contributed by atoms with Crippen LogP contribution in [-0.2, 0) is 0 Å². The molecule has 1 fully saturated rings. The molecule has 2 unspecified atom stereocenters. The number of anilines is 1. The van der Waals surface area contributed by atoms with Crippen LogP contribution in [0.1, 0.15) is 19.3 Å². The van der Waals surface area contributed by atoms with Crippen LogP contribution in [-0.4, -0.2) is 17.1 Å². The monoisotopic (exact) mass is 233 g/mol. The lowest BCUT2D eigenvalue weighted by Crippen LogP contribution is -2.35. The van der Waals surface area contributed by atoms with E-state index in [1.54, 1.807) is 11.3 Å². The molecule has 0 radical (unpaired) electrons. The van der Waals surface area contributed by atoms with Gasteiger partial charge < -0.3 is 11.1 Å². The highest BCUT2D eigenvalue weighted by atomic mass is 32.1. The molecule has 3 rings (SSSR count). The fourth-order valence-corrected chi connectivity index (χ4v) is 3.14. The number of nitrogens with zero attached hydrogens (tertiary/aromatic N) is 1. The quantitative estimate of drug-likeness (QED) is 0.838. The van der Waals surface area contributed by atoms with Gasteiger partial charge in [-0.3, -0.25) is 0 Å². The topological polar surface area (TPSA) is 50.9 Å². The number of thiophene rings is 1. The van der Waals surface area contributed by atoms with Gasteiger partial charge in [-0.15, -0.1) is 11.3 Å². The number of rotatable bonds is 2. The molecular weight excluding hydrogens is 218 g/mol. The molecule has 0 amide bonds. The van der Waals surface area contributed by atoms with E-state index < -0.39 is 0 Å². The summed E-state index contributed by atoms with van der Waals surface area (Å²) in [6, 6.07) is 4.84. The van der Waals surface area contributed by atoms with E-state index in [-0.39, 0.29) is 6.04 Å². The number of hydrogen-bond acceptors (Lipinski definition) is 4. The Morgan fingerprint density at radius 1 is 1.38 bits per heavy atom. The normalized spacial score (nSPS) is 25.1. The van der Waals surface area contributed by atoms with Crippen molar-refractivity contribution in [2.45, 2.75) is 31.3 Å². The van der Waals surface area contributed by atoms with E-state index in [1.807, 2.05) is 6.20 Å². The maximum Gasteiger partial charge on any atom is 0.134 e. The minimum atomic E-state index is 0.274. The third-order valence-corrected chi connectivity index (χ3v) is 4.15. The van der Waals surface area contributed by atoms with Crippen LogP contribution in [0.4, 0.5) is 5.82 Å². The molecule has 1 aliphatic rings. The van der Waals surface area contributed by atoms with Crippen molar-refractivity contribution in [3.63, 3.8) is 0 Å². The van der Waals surface area contributed by atoms with Crippen molar-refractivity contribution >= 4 is 27.2 Å². The van der Waals surface area contributed by atoms with Gasteiger partial charge in [-0.2, -0.15) is 0 Å². The van der Waals surface area contributed by atoms with Gasteiger partial charge in [0.05, 0.1) is 0 Å². The first-order valence-corrected chi connectivity index (χ1v) is 6.57. The smallest absolute Gasteiger partial charge is 0.134 e. The Bertz CT molecular complexity index is 494. The van der Waals surface area contributed by atoms with Crippen molar-refractivity contribution in [2.24, 2.45) is 5.73 Å². The lowest BCUT2D eigenvalue weighted by Gasteiger charge is -2.18. The number of fused-ring (bicyclic) bond motifs is 1. The first kappa shape index (κ1) is 10.1. The summed E-state index contributed by atoms with van der Waals surface area (Å²) in [6.07, 6.45) is 5.36. The van der Waals surface area contributed by atoms with Crippen LogP contribution < -0.4 is 11.1 Å². The van der Waals surface area contributed by atoms with Gasteiger partial charge >= 0.3 is 0 Å². The van der Waals surface area contributed by atoms with Gasteiger partial charge in [0, 0.05) is 28.4 Å². The highest BCUT2D eigenvalue weighted by molar-refractivity contribution is 7.17. The fourth-order valence-electron chi connectivity index (χ4n) is 2.35. The molecule has 3 nitrogen and oxygen atoms in total. The molecule has 2 heterocycles.